The van der Waals surface area contributed by atoms with Crippen LogP contribution in [-0.4, -0.2) is 11.1 Å². The Morgan fingerprint density at radius 1 is 1.17 bits per heavy atom. The second-order valence-corrected chi connectivity index (χ2v) is 4.65. The largest absolute Gasteiger partial charge is 0.478 e. The molecular weight excluding hydrogens is 258 g/mol. The van der Waals surface area contributed by atoms with Gasteiger partial charge in [-0.3, -0.25) is 0 Å². The molecule has 0 bridgehead atoms. The maximum atomic E-state index is 13.0. The highest BCUT2D eigenvalue weighted by Gasteiger charge is 2.05. The molecule has 0 saturated carbocycles. The van der Waals surface area contributed by atoms with Crippen LogP contribution in [0.15, 0.2) is 36.4 Å². The highest BCUT2D eigenvalue weighted by Crippen LogP contribution is 2.29. The molecule has 1 aromatic heterocycles. The molecule has 18 heavy (non-hydrogen) atoms. The molecule has 2 aromatic rings. The van der Waals surface area contributed by atoms with Crippen molar-refractivity contribution in [3.05, 3.63) is 52.9 Å². The van der Waals surface area contributed by atoms with E-state index >= 15 is 0 Å². The molecule has 0 fully saturated rings. The Morgan fingerprint density at radius 3 is 2.44 bits per heavy atom. The zero-order valence-electron chi connectivity index (χ0n) is 9.06. The van der Waals surface area contributed by atoms with Crippen LogP contribution in [0.25, 0.3) is 16.5 Å². The van der Waals surface area contributed by atoms with Gasteiger partial charge in [-0.25, -0.2) is 13.6 Å². The van der Waals surface area contributed by atoms with Crippen molar-refractivity contribution in [2.45, 2.75) is 0 Å². The third-order valence-electron chi connectivity index (χ3n) is 2.16. The van der Waals surface area contributed by atoms with Gasteiger partial charge >= 0.3 is 5.97 Å². The molecule has 0 spiro atoms. The van der Waals surface area contributed by atoms with Crippen LogP contribution >= 0.6 is 11.3 Å². The summed E-state index contributed by atoms with van der Waals surface area (Å²) in [4.78, 5) is 11.7. The van der Waals surface area contributed by atoms with Crippen LogP contribution < -0.4 is 0 Å². The molecule has 5 heteroatoms. The number of aliphatic carboxylic acids is 1. The third kappa shape index (κ3) is 3.01. The Balaban J connectivity index is 2.32. The van der Waals surface area contributed by atoms with Crippen molar-refractivity contribution < 1.29 is 18.7 Å². The molecule has 2 rings (SSSR count). The molecule has 0 aliphatic rings. The van der Waals surface area contributed by atoms with E-state index in [1.54, 1.807) is 12.1 Å². The molecule has 0 saturated heterocycles. The minimum atomic E-state index is -1.04. The van der Waals surface area contributed by atoms with Gasteiger partial charge in [-0.05, 0) is 35.9 Å². The van der Waals surface area contributed by atoms with E-state index in [9.17, 15) is 13.6 Å². The van der Waals surface area contributed by atoms with E-state index in [1.807, 2.05) is 0 Å². The first kappa shape index (κ1) is 12.4. The van der Waals surface area contributed by atoms with Crippen molar-refractivity contribution in [1.29, 1.82) is 0 Å². The highest BCUT2D eigenvalue weighted by atomic mass is 32.1. The summed E-state index contributed by atoms with van der Waals surface area (Å²) in [7, 11) is 0. The van der Waals surface area contributed by atoms with Crippen molar-refractivity contribution >= 4 is 23.4 Å². The molecule has 0 atom stereocenters. The molecule has 0 amide bonds. The van der Waals surface area contributed by atoms with E-state index in [0.717, 1.165) is 12.1 Å². The van der Waals surface area contributed by atoms with Crippen molar-refractivity contribution in [2.75, 3.05) is 0 Å². The molecular formula is C13H8F2O2S. The van der Waals surface area contributed by atoms with Crippen molar-refractivity contribution in [3.63, 3.8) is 0 Å². The molecule has 1 aromatic carbocycles. The molecule has 0 aliphatic heterocycles. The minimum absolute atomic E-state index is 0.437. The Labute approximate surface area is 106 Å². The number of carboxylic acids is 1. The lowest BCUT2D eigenvalue weighted by Gasteiger charge is -1.98. The Hall–Kier alpha value is -2.01. The van der Waals surface area contributed by atoms with Gasteiger partial charge in [-0.2, -0.15) is 0 Å². The second kappa shape index (κ2) is 5.10. The minimum Gasteiger partial charge on any atom is -0.478 e. The van der Waals surface area contributed by atoms with E-state index in [-0.39, 0.29) is 0 Å². The maximum absolute atomic E-state index is 13.0. The number of hydrogen-bond acceptors (Lipinski definition) is 2. The summed E-state index contributed by atoms with van der Waals surface area (Å²) in [6.07, 6.45) is 2.45. The molecule has 2 nitrogen and oxygen atoms in total. The fraction of sp³-hybridized carbons (Fsp3) is 0. The zero-order valence-corrected chi connectivity index (χ0v) is 9.88. The number of hydrogen-bond donors (Lipinski definition) is 1. The molecule has 0 aliphatic carbocycles. The normalized spacial score (nSPS) is 11.0. The van der Waals surface area contributed by atoms with E-state index < -0.39 is 17.6 Å². The van der Waals surface area contributed by atoms with Crippen LogP contribution in [0.5, 0.6) is 0 Å². The van der Waals surface area contributed by atoms with Gasteiger partial charge in [-0.15, -0.1) is 11.3 Å². The van der Waals surface area contributed by atoms with E-state index in [4.69, 9.17) is 5.11 Å². The fourth-order valence-corrected chi connectivity index (χ4v) is 2.34. The molecule has 92 valence electrons. The smallest absolute Gasteiger partial charge is 0.328 e. The molecule has 1 N–H and O–H groups in total. The number of carbonyl (C=O) groups is 1. The first-order valence-corrected chi connectivity index (χ1v) is 5.83. The summed E-state index contributed by atoms with van der Waals surface area (Å²) in [6, 6.07) is 6.67. The Bertz CT molecular complexity index is 597. The SMILES string of the molecule is O=C(O)/C=C/c1ccc(-c2cc(F)cc(F)c2)s1. The van der Waals surface area contributed by atoms with Crippen LogP contribution in [0, 0.1) is 11.6 Å². The maximum Gasteiger partial charge on any atom is 0.328 e. The third-order valence-corrected chi connectivity index (χ3v) is 3.26. The lowest BCUT2D eigenvalue weighted by Crippen LogP contribution is -1.84. The summed E-state index contributed by atoms with van der Waals surface area (Å²) in [6.45, 7) is 0. The van der Waals surface area contributed by atoms with Gasteiger partial charge in [0.05, 0.1) is 0 Å². The first-order chi connectivity index (χ1) is 8.54. The number of halogens is 2. The Kier molecular flexibility index (Phi) is 3.53. The van der Waals surface area contributed by atoms with Gasteiger partial charge < -0.3 is 5.11 Å². The predicted molar refractivity (Wildman–Crippen MR) is 66.3 cm³/mol. The predicted octanol–water partition coefficient (Wildman–Crippen LogP) is 3.79. The van der Waals surface area contributed by atoms with Crippen LogP contribution in [0.3, 0.4) is 0 Å². The highest BCUT2D eigenvalue weighted by molar-refractivity contribution is 7.16. The Morgan fingerprint density at radius 2 is 1.83 bits per heavy atom. The quantitative estimate of drug-likeness (QED) is 0.858. The van der Waals surface area contributed by atoms with Gasteiger partial charge in [0.2, 0.25) is 0 Å². The van der Waals surface area contributed by atoms with Gasteiger partial charge in [0.15, 0.2) is 0 Å². The van der Waals surface area contributed by atoms with Crippen molar-refractivity contribution in [1.82, 2.24) is 0 Å². The summed E-state index contributed by atoms with van der Waals surface area (Å²) in [5, 5.41) is 8.49. The molecule has 1 heterocycles. The van der Waals surface area contributed by atoms with E-state index in [1.165, 1.54) is 29.5 Å². The first-order valence-electron chi connectivity index (χ1n) is 5.02. The molecule has 0 radical (unpaired) electrons. The lowest BCUT2D eigenvalue weighted by atomic mass is 10.2. The lowest BCUT2D eigenvalue weighted by molar-refractivity contribution is -0.131. The number of thiophene rings is 1. The zero-order chi connectivity index (χ0) is 13.1. The van der Waals surface area contributed by atoms with Crippen LogP contribution in [0.4, 0.5) is 8.78 Å². The van der Waals surface area contributed by atoms with Gasteiger partial charge in [-0.1, -0.05) is 0 Å². The van der Waals surface area contributed by atoms with Crippen molar-refractivity contribution in [3.8, 4) is 10.4 Å². The summed E-state index contributed by atoms with van der Waals surface area (Å²) < 4.78 is 26.1. The second-order valence-electron chi connectivity index (χ2n) is 3.53. The van der Waals surface area contributed by atoms with Crippen LogP contribution in [-0.2, 0) is 4.79 Å². The van der Waals surface area contributed by atoms with Crippen LogP contribution in [0.1, 0.15) is 4.88 Å². The van der Waals surface area contributed by atoms with E-state index in [0.29, 0.717) is 15.3 Å². The summed E-state index contributed by atoms with van der Waals surface area (Å²) >= 11 is 1.26. The summed E-state index contributed by atoms with van der Waals surface area (Å²) in [5.41, 5.74) is 0.437. The van der Waals surface area contributed by atoms with E-state index in [2.05, 4.69) is 0 Å². The number of carboxylic acid groups (broad SMARTS) is 1. The van der Waals surface area contributed by atoms with Gasteiger partial charge in [0, 0.05) is 21.9 Å². The van der Waals surface area contributed by atoms with Crippen LogP contribution in [0.2, 0.25) is 0 Å². The average Bonchev–Trinajstić information content (AvgIpc) is 2.73. The topological polar surface area (TPSA) is 37.3 Å². The van der Waals surface area contributed by atoms with Gasteiger partial charge in [0.25, 0.3) is 0 Å². The van der Waals surface area contributed by atoms with Gasteiger partial charge in [0.1, 0.15) is 11.6 Å². The summed E-state index contributed by atoms with van der Waals surface area (Å²) in [5.74, 6) is -2.32. The standard InChI is InChI=1S/C13H8F2O2S/c14-9-5-8(6-10(15)7-9)12-3-1-11(18-12)2-4-13(16)17/h1-7H,(H,16,17)/b4-2+. The fourth-order valence-electron chi connectivity index (χ4n) is 1.45. The monoisotopic (exact) mass is 266 g/mol. The van der Waals surface area contributed by atoms with Crippen molar-refractivity contribution in [2.24, 2.45) is 0 Å². The average molecular weight is 266 g/mol. The molecule has 0 unspecified atom stereocenters. The number of benzene rings is 1. The number of rotatable bonds is 3.